The molecule has 3 unspecified atom stereocenters. The van der Waals surface area contributed by atoms with Crippen molar-refractivity contribution in [3.63, 3.8) is 0 Å². The molecule has 1 aromatic carbocycles. The van der Waals surface area contributed by atoms with Crippen molar-refractivity contribution in [2.45, 2.75) is 96.5 Å². The molecule has 5 atom stereocenters. The fourth-order valence-corrected chi connectivity index (χ4v) is 7.07. The highest BCUT2D eigenvalue weighted by Gasteiger charge is 2.55. The molecule has 5 rings (SSSR count). The standard InChI is InChI=1S/C27H36O3/c1-3-26(28)30-20-10-12-21-18(17-20)9-11-23-22(21)15-16-27(2)24(23)13-14-25(27)29-19-7-5-4-6-8-19/h7,10,12,17,22-25H,3-6,8-9,11,13-16H2,1-2H3/t22?,23?,24?,25-,27-/m0/s1. The van der Waals surface area contributed by atoms with Gasteiger partial charge >= 0.3 is 5.97 Å². The van der Waals surface area contributed by atoms with Gasteiger partial charge in [-0.05, 0) is 105 Å². The molecule has 0 N–H and O–H groups in total. The lowest BCUT2D eigenvalue weighted by Gasteiger charge is -2.50. The van der Waals surface area contributed by atoms with E-state index in [1.54, 1.807) is 0 Å². The lowest BCUT2D eigenvalue weighted by atomic mass is 9.55. The maximum Gasteiger partial charge on any atom is 0.310 e. The first-order valence-electron chi connectivity index (χ1n) is 12.3. The number of allylic oxidation sites excluding steroid dienone is 2. The highest BCUT2D eigenvalue weighted by molar-refractivity contribution is 5.72. The maximum absolute atomic E-state index is 11.7. The molecule has 162 valence electrons. The van der Waals surface area contributed by atoms with Crippen LogP contribution >= 0.6 is 0 Å². The van der Waals surface area contributed by atoms with Crippen molar-refractivity contribution >= 4 is 5.97 Å². The van der Waals surface area contributed by atoms with Crippen LogP contribution in [-0.2, 0) is 16.0 Å². The van der Waals surface area contributed by atoms with Gasteiger partial charge in [0.2, 0.25) is 0 Å². The normalized spacial score (nSPS) is 34.9. The van der Waals surface area contributed by atoms with Crippen molar-refractivity contribution in [1.82, 2.24) is 0 Å². The first-order valence-corrected chi connectivity index (χ1v) is 12.3. The highest BCUT2D eigenvalue weighted by atomic mass is 16.5. The summed E-state index contributed by atoms with van der Waals surface area (Å²) in [4.78, 5) is 11.7. The van der Waals surface area contributed by atoms with Crippen molar-refractivity contribution in [3.05, 3.63) is 41.2 Å². The van der Waals surface area contributed by atoms with E-state index in [0.29, 0.717) is 23.9 Å². The zero-order valence-corrected chi connectivity index (χ0v) is 18.6. The number of esters is 1. The SMILES string of the molecule is CCC(=O)Oc1ccc2c(c1)CCC1C2CC[C@@]2(C)C1CC[C@@H]2OC1=CCCCC1. The molecule has 3 nitrogen and oxygen atoms in total. The fourth-order valence-electron chi connectivity index (χ4n) is 7.07. The van der Waals surface area contributed by atoms with Crippen molar-refractivity contribution in [1.29, 1.82) is 0 Å². The molecule has 1 aromatic rings. The summed E-state index contributed by atoms with van der Waals surface area (Å²) < 4.78 is 12.1. The first kappa shape index (κ1) is 20.2. The van der Waals surface area contributed by atoms with Gasteiger partial charge in [-0.3, -0.25) is 4.79 Å². The van der Waals surface area contributed by atoms with Crippen LogP contribution in [0.4, 0.5) is 0 Å². The van der Waals surface area contributed by atoms with E-state index >= 15 is 0 Å². The number of hydrogen-bond acceptors (Lipinski definition) is 3. The Hall–Kier alpha value is -1.77. The molecule has 30 heavy (non-hydrogen) atoms. The second kappa shape index (κ2) is 8.05. The van der Waals surface area contributed by atoms with E-state index in [9.17, 15) is 4.79 Å². The minimum absolute atomic E-state index is 0.151. The highest BCUT2D eigenvalue weighted by Crippen LogP contribution is 2.62. The monoisotopic (exact) mass is 408 g/mol. The zero-order chi connectivity index (χ0) is 20.7. The van der Waals surface area contributed by atoms with E-state index in [0.717, 1.165) is 30.4 Å². The lowest BCUT2D eigenvalue weighted by molar-refractivity contribution is -0.134. The Morgan fingerprint density at radius 3 is 2.83 bits per heavy atom. The van der Waals surface area contributed by atoms with E-state index in [4.69, 9.17) is 9.47 Å². The van der Waals surface area contributed by atoms with Gasteiger partial charge in [-0.25, -0.2) is 0 Å². The third-order valence-electron chi connectivity index (χ3n) is 8.67. The summed E-state index contributed by atoms with van der Waals surface area (Å²) in [6.45, 7) is 4.37. The Morgan fingerprint density at radius 1 is 1.13 bits per heavy atom. The molecule has 0 heterocycles. The van der Waals surface area contributed by atoms with Gasteiger partial charge < -0.3 is 9.47 Å². The molecule has 0 amide bonds. The molecular weight excluding hydrogens is 372 g/mol. The molecule has 0 radical (unpaired) electrons. The third kappa shape index (κ3) is 3.48. The molecule has 0 aromatic heterocycles. The van der Waals surface area contributed by atoms with Gasteiger partial charge in [0.25, 0.3) is 0 Å². The van der Waals surface area contributed by atoms with Crippen LogP contribution in [0.15, 0.2) is 30.0 Å². The molecule has 0 aliphatic heterocycles. The predicted octanol–water partition coefficient (Wildman–Crippen LogP) is 6.70. The van der Waals surface area contributed by atoms with Crippen LogP contribution in [0.5, 0.6) is 5.75 Å². The molecule has 3 heteroatoms. The van der Waals surface area contributed by atoms with Crippen molar-refractivity contribution in [2.75, 3.05) is 0 Å². The second-order valence-electron chi connectivity index (χ2n) is 10.2. The molecular formula is C27H36O3. The van der Waals surface area contributed by atoms with Crippen LogP contribution in [0.1, 0.15) is 95.1 Å². The number of ether oxygens (including phenoxy) is 2. The Kier molecular flexibility index (Phi) is 5.41. The summed E-state index contributed by atoms with van der Waals surface area (Å²) in [6.07, 6.45) is 15.6. The molecule has 2 saturated carbocycles. The van der Waals surface area contributed by atoms with Gasteiger partial charge in [0, 0.05) is 18.3 Å². The van der Waals surface area contributed by atoms with E-state index in [1.807, 2.05) is 13.0 Å². The summed E-state index contributed by atoms with van der Waals surface area (Å²) in [6, 6.07) is 6.39. The molecule has 4 aliphatic rings. The predicted molar refractivity (Wildman–Crippen MR) is 118 cm³/mol. The topological polar surface area (TPSA) is 35.5 Å². The number of carbonyl (C=O) groups excluding carboxylic acids is 1. The molecule has 2 fully saturated rings. The molecule has 0 saturated heterocycles. The minimum atomic E-state index is -0.151. The largest absolute Gasteiger partial charge is 0.495 e. The second-order valence-corrected chi connectivity index (χ2v) is 10.2. The van der Waals surface area contributed by atoms with Gasteiger partial charge in [0.05, 0.1) is 5.76 Å². The van der Waals surface area contributed by atoms with Crippen LogP contribution in [0.25, 0.3) is 0 Å². The average Bonchev–Trinajstić information content (AvgIpc) is 3.10. The Bertz CT molecular complexity index is 841. The van der Waals surface area contributed by atoms with Gasteiger partial charge in [0.15, 0.2) is 0 Å². The third-order valence-corrected chi connectivity index (χ3v) is 8.67. The summed E-state index contributed by atoms with van der Waals surface area (Å²) in [7, 11) is 0. The summed E-state index contributed by atoms with van der Waals surface area (Å²) in [5.41, 5.74) is 3.25. The van der Waals surface area contributed by atoms with Crippen LogP contribution in [0.2, 0.25) is 0 Å². The smallest absolute Gasteiger partial charge is 0.310 e. The van der Waals surface area contributed by atoms with Gasteiger partial charge in [-0.2, -0.15) is 0 Å². The van der Waals surface area contributed by atoms with E-state index in [2.05, 4.69) is 25.1 Å². The number of rotatable bonds is 4. The maximum atomic E-state index is 11.7. The zero-order valence-electron chi connectivity index (χ0n) is 18.6. The average molecular weight is 409 g/mol. The van der Waals surface area contributed by atoms with E-state index in [-0.39, 0.29) is 5.97 Å². The van der Waals surface area contributed by atoms with E-state index in [1.165, 1.54) is 68.3 Å². The number of carbonyl (C=O) groups is 1. The molecule has 0 bridgehead atoms. The molecule has 4 aliphatic carbocycles. The summed E-state index contributed by atoms with van der Waals surface area (Å²) in [5, 5.41) is 0. The Morgan fingerprint density at radius 2 is 2.03 bits per heavy atom. The fraction of sp³-hybridized carbons (Fsp3) is 0.667. The van der Waals surface area contributed by atoms with Crippen LogP contribution < -0.4 is 4.74 Å². The summed E-state index contributed by atoms with van der Waals surface area (Å²) >= 11 is 0. The minimum Gasteiger partial charge on any atom is -0.495 e. The molecule has 0 spiro atoms. The van der Waals surface area contributed by atoms with Crippen molar-refractivity contribution in [2.24, 2.45) is 17.3 Å². The van der Waals surface area contributed by atoms with Gasteiger partial charge in [-0.1, -0.05) is 19.9 Å². The van der Waals surface area contributed by atoms with Crippen molar-refractivity contribution < 1.29 is 14.3 Å². The van der Waals surface area contributed by atoms with Crippen LogP contribution in [0.3, 0.4) is 0 Å². The Labute approximate surface area is 181 Å². The van der Waals surface area contributed by atoms with E-state index < -0.39 is 0 Å². The number of benzene rings is 1. The van der Waals surface area contributed by atoms with Crippen LogP contribution in [0, 0.1) is 17.3 Å². The number of aryl methyl sites for hydroxylation is 1. The Balaban J connectivity index is 1.33. The van der Waals surface area contributed by atoms with Crippen molar-refractivity contribution in [3.8, 4) is 5.75 Å². The summed E-state index contributed by atoms with van der Waals surface area (Å²) in [5.74, 6) is 4.05. The first-order chi connectivity index (χ1) is 14.6. The number of hydrogen-bond donors (Lipinski definition) is 0. The lowest BCUT2D eigenvalue weighted by Crippen LogP contribution is -2.44. The van der Waals surface area contributed by atoms with Gasteiger partial charge in [0.1, 0.15) is 11.9 Å². The number of fused-ring (bicyclic) bond motifs is 5. The van der Waals surface area contributed by atoms with Crippen LogP contribution in [-0.4, -0.2) is 12.1 Å². The van der Waals surface area contributed by atoms with Gasteiger partial charge in [-0.15, -0.1) is 0 Å². The quantitative estimate of drug-likeness (QED) is 0.411.